The van der Waals surface area contributed by atoms with Gasteiger partial charge in [0.1, 0.15) is 0 Å². The number of aliphatic hydroxyl groups excluding tert-OH is 1. The summed E-state index contributed by atoms with van der Waals surface area (Å²) < 4.78 is 36.9. The van der Waals surface area contributed by atoms with E-state index in [1.165, 1.54) is 0 Å². The van der Waals surface area contributed by atoms with Crippen molar-refractivity contribution in [2.75, 3.05) is 32.7 Å². The van der Waals surface area contributed by atoms with Crippen LogP contribution in [0.1, 0.15) is 19.3 Å². The fourth-order valence-corrected chi connectivity index (χ4v) is 2.91. The van der Waals surface area contributed by atoms with Gasteiger partial charge in [-0.25, -0.2) is 0 Å². The minimum absolute atomic E-state index is 0.265. The summed E-state index contributed by atoms with van der Waals surface area (Å²) in [5, 5.41) is 9.08. The Labute approximate surface area is 111 Å². The van der Waals surface area contributed by atoms with E-state index in [1.807, 2.05) is 0 Å². The van der Waals surface area contributed by atoms with E-state index in [4.69, 9.17) is 10.8 Å². The quantitative estimate of drug-likeness (QED) is 0.786. The van der Waals surface area contributed by atoms with Crippen LogP contribution in [0.4, 0.5) is 13.2 Å². The molecule has 2 rings (SSSR count). The van der Waals surface area contributed by atoms with Gasteiger partial charge in [-0.2, -0.15) is 13.2 Å². The van der Waals surface area contributed by atoms with Crippen molar-refractivity contribution < 1.29 is 18.3 Å². The Bertz CT molecular complexity index is 292. The van der Waals surface area contributed by atoms with Gasteiger partial charge >= 0.3 is 6.18 Å². The van der Waals surface area contributed by atoms with Crippen molar-refractivity contribution in [1.29, 1.82) is 0 Å². The summed E-state index contributed by atoms with van der Waals surface area (Å²) >= 11 is 0. The van der Waals surface area contributed by atoms with E-state index < -0.39 is 12.3 Å². The molecule has 2 atom stereocenters. The molecule has 0 amide bonds. The summed E-state index contributed by atoms with van der Waals surface area (Å²) in [4.78, 5) is 4.03. The molecule has 2 fully saturated rings. The minimum Gasteiger partial charge on any atom is -0.382 e. The van der Waals surface area contributed by atoms with Gasteiger partial charge in [0.05, 0.1) is 0 Å². The first-order valence-electron chi connectivity index (χ1n) is 6.83. The maximum absolute atomic E-state index is 12.3. The smallest absolute Gasteiger partial charge is 0.382 e. The SMILES string of the molecule is NC1CCN(C2CCN(CC(O)C(F)(F)F)C2)CC1. The highest BCUT2D eigenvalue weighted by Gasteiger charge is 2.40. The van der Waals surface area contributed by atoms with Crippen molar-refractivity contribution in [1.82, 2.24) is 9.80 Å². The lowest BCUT2D eigenvalue weighted by Crippen LogP contribution is -2.47. The van der Waals surface area contributed by atoms with E-state index in [0.29, 0.717) is 19.1 Å². The number of likely N-dealkylation sites (tertiary alicyclic amines) is 2. The molecule has 0 spiro atoms. The zero-order chi connectivity index (χ0) is 14.0. The molecule has 0 aromatic rings. The van der Waals surface area contributed by atoms with Gasteiger partial charge in [0, 0.05) is 25.2 Å². The van der Waals surface area contributed by atoms with E-state index in [9.17, 15) is 13.2 Å². The standard InChI is InChI=1S/C12H22F3N3O/c13-12(14,15)11(19)8-17-4-3-10(7-17)18-5-1-9(16)2-6-18/h9-11,19H,1-8,16H2. The average molecular weight is 281 g/mol. The first kappa shape index (κ1) is 15.0. The van der Waals surface area contributed by atoms with Crippen molar-refractivity contribution in [2.45, 2.75) is 43.6 Å². The maximum atomic E-state index is 12.3. The fraction of sp³-hybridized carbons (Fsp3) is 1.00. The van der Waals surface area contributed by atoms with Crippen molar-refractivity contribution in [2.24, 2.45) is 5.73 Å². The molecule has 2 heterocycles. The Balaban J connectivity index is 1.77. The van der Waals surface area contributed by atoms with E-state index in [0.717, 1.165) is 32.4 Å². The van der Waals surface area contributed by atoms with Crippen LogP contribution in [0.3, 0.4) is 0 Å². The van der Waals surface area contributed by atoms with Crippen LogP contribution in [-0.2, 0) is 0 Å². The maximum Gasteiger partial charge on any atom is 0.415 e. The Morgan fingerprint density at radius 1 is 1.16 bits per heavy atom. The Kier molecular flexibility index (Phi) is 4.70. The molecule has 4 nitrogen and oxygen atoms in total. The van der Waals surface area contributed by atoms with E-state index in [1.54, 1.807) is 4.90 Å². The van der Waals surface area contributed by atoms with Gasteiger partial charge in [0.15, 0.2) is 6.10 Å². The molecule has 2 saturated heterocycles. The van der Waals surface area contributed by atoms with Crippen LogP contribution < -0.4 is 5.73 Å². The zero-order valence-electron chi connectivity index (χ0n) is 10.9. The molecule has 3 N–H and O–H groups in total. The third-order valence-electron chi connectivity index (χ3n) is 4.15. The number of aliphatic hydroxyl groups is 1. The number of piperidine rings is 1. The number of nitrogens with zero attached hydrogens (tertiary/aromatic N) is 2. The average Bonchev–Trinajstić information content (AvgIpc) is 2.77. The van der Waals surface area contributed by atoms with E-state index in [2.05, 4.69) is 4.90 Å². The number of β-amino-alcohol motifs (C(OH)–C–C–N with tert-alkyl or cyclic N) is 1. The number of hydrogen-bond acceptors (Lipinski definition) is 4. The van der Waals surface area contributed by atoms with Crippen LogP contribution in [-0.4, -0.2) is 72.0 Å². The predicted molar refractivity (Wildman–Crippen MR) is 65.7 cm³/mol. The lowest BCUT2D eigenvalue weighted by atomic mass is 10.0. The second-order valence-electron chi connectivity index (χ2n) is 5.63. The highest BCUT2D eigenvalue weighted by molar-refractivity contribution is 4.88. The highest BCUT2D eigenvalue weighted by Crippen LogP contribution is 2.24. The molecular formula is C12H22F3N3O. The first-order chi connectivity index (χ1) is 8.86. The number of rotatable bonds is 3. The Morgan fingerprint density at radius 2 is 1.79 bits per heavy atom. The van der Waals surface area contributed by atoms with Crippen LogP contribution in [0.15, 0.2) is 0 Å². The predicted octanol–water partition coefficient (Wildman–Crippen LogP) is 0.407. The van der Waals surface area contributed by atoms with Gasteiger partial charge in [-0.3, -0.25) is 9.80 Å². The summed E-state index contributed by atoms with van der Waals surface area (Å²) in [5.41, 5.74) is 5.84. The van der Waals surface area contributed by atoms with Crippen LogP contribution in [0.25, 0.3) is 0 Å². The third-order valence-corrected chi connectivity index (χ3v) is 4.15. The number of alkyl halides is 3. The molecule has 2 aliphatic rings. The summed E-state index contributed by atoms with van der Waals surface area (Å²) in [6, 6.07) is 0.578. The molecule has 112 valence electrons. The van der Waals surface area contributed by atoms with Gasteiger partial charge in [-0.05, 0) is 38.9 Å². The summed E-state index contributed by atoms with van der Waals surface area (Å²) in [7, 11) is 0. The van der Waals surface area contributed by atoms with Crippen LogP contribution in [0.5, 0.6) is 0 Å². The van der Waals surface area contributed by atoms with Gasteiger partial charge in [0.25, 0.3) is 0 Å². The van der Waals surface area contributed by atoms with Gasteiger partial charge < -0.3 is 10.8 Å². The van der Waals surface area contributed by atoms with Crippen LogP contribution in [0, 0.1) is 0 Å². The van der Waals surface area contributed by atoms with Crippen LogP contribution in [0.2, 0.25) is 0 Å². The van der Waals surface area contributed by atoms with Gasteiger partial charge in [-0.1, -0.05) is 0 Å². The Hall–Kier alpha value is -0.370. The topological polar surface area (TPSA) is 52.7 Å². The van der Waals surface area contributed by atoms with Gasteiger partial charge in [0.2, 0.25) is 0 Å². The van der Waals surface area contributed by atoms with Crippen LogP contribution >= 0.6 is 0 Å². The van der Waals surface area contributed by atoms with Crippen molar-refractivity contribution in [3.8, 4) is 0 Å². The minimum atomic E-state index is -4.52. The first-order valence-corrected chi connectivity index (χ1v) is 6.83. The van der Waals surface area contributed by atoms with Crippen molar-refractivity contribution >= 4 is 0 Å². The molecule has 0 saturated carbocycles. The Morgan fingerprint density at radius 3 is 2.37 bits per heavy atom. The molecule has 0 aromatic heterocycles. The zero-order valence-corrected chi connectivity index (χ0v) is 10.9. The largest absolute Gasteiger partial charge is 0.415 e. The van der Waals surface area contributed by atoms with E-state index >= 15 is 0 Å². The summed E-state index contributed by atoms with van der Waals surface area (Å²) in [5.74, 6) is 0. The van der Waals surface area contributed by atoms with Crippen molar-refractivity contribution in [3.63, 3.8) is 0 Å². The summed E-state index contributed by atoms with van der Waals surface area (Å²) in [6.45, 7) is 2.79. The lowest BCUT2D eigenvalue weighted by Gasteiger charge is -2.34. The molecule has 19 heavy (non-hydrogen) atoms. The highest BCUT2D eigenvalue weighted by atomic mass is 19.4. The monoisotopic (exact) mass is 281 g/mol. The molecule has 0 radical (unpaired) electrons. The normalized spacial score (nSPS) is 29.8. The second-order valence-corrected chi connectivity index (χ2v) is 5.63. The molecule has 7 heteroatoms. The van der Waals surface area contributed by atoms with Crippen molar-refractivity contribution in [3.05, 3.63) is 0 Å². The number of nitrogens with two attached hydrogens (primary N) is 1. The third kappa shape index (κ3) is 4.05. The molecule has 0 bridgehead atoms. The molecule has 2 aliphatic heterocycles. The molecule has 0 aliphatic carbocycles. The molecule has 2 unspecified atom stereocenters. The fourth-order valence-electron chi connectivity index (χ4n) is 2.91. The number of halogens is 3. The lowest BCUT2D eigenvalue weighted by molar-refractivity contribution is -0.207. The molecular weight excluding hydrogens is 259 g/mol. The number of hydrogen-bond donors (Lipinski definition) is 2. The van der Waals surface area contributed by atoms with E-state index in [-0.39, 0.29) is 12.6 Å². The molecule has 0 aromatic carbocycles. The van der Waals surface area contributed by atoms with Gasteiger partial charge in [-0.15, -0.1) is 0 Å². The second kappa shape index (κ2) is 5.95. The summed E-state index contributed by atoms with van der Waals surface area (Å²) in [6.07, 6.45) is -3.96.